The van der Waals surface area contributed by atoms with Crippen molar-refractivity contribution in [2.75, 3.05) is 47.5 Å². The van der Waals surface area contributed by atoms with Crippen molar-refractivity contribution >= 4 is 11.8 Å². The van der Waals surface area contributed by atoms with Gasteiger partial charge in [0.05, 0.1) is 26.9 Å². The summed E-state index contributed by atoms with van der Waals surface area (Å²) in [4.78, 5) is 29.2. The van der Waals surface area contributed by atoms with E-state index in [-0.39, 0.29) is 11.8 Å². The summed E-state index contributed by atoms with van der Waals surface area (Å²) in [5, 5.41) is 0. The van der Waals surface area contributed by atoms with Gasteiger partial charge in [-0.2, -0.15) is 0 Å². The highest BCUT2D eigenvalue weighted by atomic mass is 16.5. The lowest BCUT2D eigenvalue weighted by molar-refractivity contribution is 0.0533. The minimum atomic E-state index is -0.135. The number of nitrogens with zero attached hydrogens (tertiary/aromatic N) is 2. The molecule has 0 atom stereocenters. The Hall–Kier alpha value is -3.22. The largest absolute Gasteiger partial charge is 0.497 e. The summed E-state index contributed by atoms with van der Waals surface area (Å²) in [7, 11) is 4.66. The second-order valence-corrected chi connectivity index (χ2v) is 6.38. The van der Waals surface area contributed by atoms with Gasteiger partial charge >= 0.3 is 0 Å². The van der Waals surface area contributed by atoms with Crippen molar-refractivity contribution in [1.82, 2.24) is 9.80 Å². The highest BCUT2D eigenvalue weighted by Crippen LogP contribution is 2.26. The van der Waals surface area contributed by atoms with Crippen molar-refractivity contribution in [2.45, 2.75) is 0 Å². The molecule has 1 saturated heterocycles. The number of amides is 2. The van der Waals surface area contributed by atoms with E-state index in [4.69, 9.17) is 14.2 Å². The van der Waals surface area contributed by atoms with Gasteiger partial charge in [-0.25, -0.2) is 0 Å². The van der Waals surface area contributed by atoms with Gasteiger partial charge in [-0.15, -0.1) is 0 Å². The fourth-order valence-corrected chi connectivity index (χ4v) is 3.20. The van der Waals surface area contributed by atoms with Crippen LogP contribution in [0.3, 0.4) is 0 Å². The number of carbonyl (C=O) groups is 2. The number of rotatable bonds is 5. The maximum absolute atomic E-state index is 12.9. The summed E-state index contributed by atoms with van der Waals surface area (Å²) in [6.07, 6.45) is 0. The third kappa shape index (κ3) is 4.03. The van der Waals surface area contributed by atoms with E-state index in [0.29, 0.717) is 54.6 Å². The number of hydrogen-bond donors (Lipinski definition) is 0. The summed E-state index contributed by atoms with van der Waals surface area (Å²) in [6.45, 7) is 1.84. The standard InChI is InChI=1S/C21H24N2O5/c1-26-16-6-4-5-15(13-16)20(24)22-9-11-23(12-10-22)21(25)18-14-17(27-2)7-8-19(18)28-3/h4-8,13-14H,9-12H2,1-3H3. The van der Waals surface area contributed by atoms with Gasteiger partial charge in [-0.3, -0.25) is 9.59 Å². The molecule has 28 heavy (non-hydrogen) atoms. The molecule has 3 rings (SSSR count). The lowest BCUT2D eigenvalue weighted by Crippen LogP contribution is -2.50. The molecule has 2 aromatic rings. The molecule has 0 saturated carbocycles. The first-order chi connectivity index (χ1) is 13.6. The first kappa shape index (κ1) is 19.5. The summed E-state index contributed by atoms with van der Waals surface area (Å²) in [5.41, 5.74) is 1.03. The molecule has 0 aliphatic carbocycles. The van der Waals surface area contributed by atoms with Crippen LogP contribution in [0.2, 0.25) is 0 Å². The van der Waals surface area contributed by atoms with E-state index in [1.165, 1.54) is 7.11 Å². The molecule has 7 nitrogen and oxygen atoms in total. The maximum Gasteiger partial charge on any atom is 0.257 e. The fraction of sp³-hybridized carbons (Fsp3) is 0.333. The van der Waals surface area contributed by atoms with E-state index in [1.54, 1.807) is 66.5 Å². The van der Waals surface area contributed by atoms with Crippen LogP contribution in [-0.2, 0) is 0 Å². The van der Waals surface area contributed by atoms with Crippen molar-refractivity contribution in [3.05, 3.63) is 53.6 Å². The first-order valence-corrected chi connectivity index (χ1v) is 9.02. The quantitative estimate of drug-likeness (QED) is 0.791. The Morgan fingerprint density at radius 3 is 1.96 bits per heavy atom. The number of carbonyl (C=O) groups excluding carboxylic acids is 2. The summed E-state index contributed by atoms with van der Waals surface area (Å²) in [6, 6.07) is 12.2. The predicted octanol–water partition coefficient (Wildman–Crippen LogP) is 2.31. The smallest absolute Gasteiger partial charge is 0.257 e. The van der Waals surface area contributed by atoms with Crippen LogP contribution in [0.25, 0.3) is 0 Å². The van der Waals surface area contributed by atoms with Crippen molar-refractivity contribution in [2.24, 2.45) is 0 Å². The highest BCUT2D eigenvalue weighted by Gasteiger charge is 2.27. The van der Waals surface area contributed by atoms with E-state index in [2.05, 4.69) is 0 Å². The molecule has 0 N–H and O–H groups in total. The van der Waals surface area contributed by atoms with Crippen LogP contribution < -0.4 is 14.2 Å². The van der Waals surface area contributed by atoms with Crippen molar-refractivity contribution in [3.63, 3.8) is 0 Å². The van der Waals surface area contributed by atoms with E-state index < -0.39 is 0 Å². The monoisotopic (exact) mass is 384 g/mol. The van der Waals surface area contributed by atoms with Crippen LogP contribution in [0.1, 0.15) is 20.7 Å². The average molecular weight is 384 g/mol. The molecule has 1 aliphatic heterocycles. The number of hydrogen-bond acceptors (Lipinski definition) is 5. The Morgan fingerprint density at radius 1 is 0.750 bits per heavy atom. The number of ether oxygens (including phenoxy) is 3. The van der Waals surface area contributed by atoms with E-state index in [9.17, 15) is 9.59 Å². The van der Waals surface area contributed by atoms with Crippen LogP contribution in [0.4, 0.5) is 0 Å². The number of methoxy groups -OCH3 is 3. The molecule has 2 amide bonds. The Labute approximate surface area is 164 Å². The Morgan fingerprint density at radius 2 is 1.36 bits per heavy atom. The molecule has 0 spiro atoms. The van der Waals surface area contributed by atoms with Gasteiger partial charge in [0.15, 0.2) is 0 Å². The summed E-state index contributed by atoms with van der Waals surface area (Å²) >= 11 is 0. The fourth-order valence-electron chi connectivity index (χ4n) is 3.20. The van der Waals surface area contributed by atoms with Crippen LogP contribution in [0.5, 0.6) is 17.2 Å². The molecule has 0 radical (unpaired) electrons. The Kier molecular flexibility index (Phi) is 6.03. The zero-order chi connectivity index (χ0) is 20.1. The normalized spacial score (nSPS) is 13.8. The minimum absolute atomic E-state index is 0.0649. The van der Waals surface area contributed by atoms with Crippen LogP contribution in [0.15, 0.2) is 42.5 Å². The minimum Gasteiger partial charge on any atom is -0.497 e. The van der Waals surface area contributed by atoms with Gasteiger partial charge in [0.25, 0.3) is 11.8 Å². The van der Waals surface area contributed by atoms with Crippen molar-refractivity contribution in [1.29, 1.82) is 0 Å². The predicted molar refractivity (Wildman–Crippen MR) is 104 cm³/mol. The molecule has 0 bridgehead atoms. The SMILES string of the molecule is COc1cccc(C(=O)N2CCN(C(=O)c3cc(OC)ccc3OC)CC2)c1. The van der Waals surface area contributed by atoms with Gasteiger partial charge in [0.2, 0.25) is 0 Å². The maximum atomic E-state index is 12.9. The molecule has 148 valence electrons. The number of piperazine rings is 1. The highest BCUT2D eigenvalue weighted by molar-refractivity contribution is 5.98. The lowest BCUT2D eigenvalue weighted by Gasteiger charge is -2.35. The zero-order valence-electron chi connectivity index (χ0n) is 16.3. The van der Waals surface area contributed by atoms with Gasteiger partial charge in [0.1, 0.15) is 17.2 Å². The molecule has 0 aromatic heterocycles. The second kappa shape index (κ2) is 8.65. The molecule has 2 aromatic carbocycles. The molecule has 1 aliphatic rings. The molecule has 0 unspecified atom stereocenters. The van der Waals surface area contributed by atoms with Gasteiger partial charge < -0.3 is 24.0 Å². The third-order valence-corrected chi connectivity index (χ3v) is 4.81. The first-order valence-electron chi connectivity index (χ1n) is 9.02. The molecule has 1 fully saturated rings. The summed E-state index contributed by atoms with van der Waals surface area (Å²) in [5.74, 6) is 1.54. The second-order valence-electron chi connectivity index (χ2n) is 6.38. The van der Waals surface area contributed by atoms with Gasteiger partial charge in [-0.05, 0) is 36.4 Å². The topological polar surface area (TPSA) is 68.3 Å². The Bertz CT molecular complexity index is 860. The number of benzene rings is 2. The average Bonchev–Trinajstić information content (AvgIpc) is 2.77. The zero-order valence-corrected chi connectivity index (χ0v) is 16.3. The van der Waals surface area contributed by atoms with Crippen LogP contribution in [-0.4, -0.2) is 69.1 Å². The third-order valence-electron chi connectivity index (χ3n) is 4.81. The molecular weight excluding hydrogens is 360 g/mol. The Balaban J connectivity index is 1.68. The molecular formula is C21H24N2O5. The van der Waals surface area contributed by atoms with Crippen LogP contribution in [0, 0.1) is 0 Å². The summed E-state index contributed by atoms with van der Waals surface area (Å²) < 4.78 is 15.7. The molecule has 7 heteroatoms. The van der Waals surface area contributed by atoms with E-state index in [1.807, 2.05) is 0 Å². The van der Waals surface area contributed by atoms with Crippen LogP contribution >= 0.6 is 0 Å². The van der Waals surface area contributed by atoms with Gasteiger partial charge in [-0.1, -0.05) is 6.07 Å². The van der Waals surface area contributed by atoms with Gasteiger partial charge in [0, 0.05) is 31.7 Å². The molecule has 1 heterocycles. The van der Waals surface area contributed by atoms with Crippen molar-refractivity contribution in [3.8, 4) is 17.2 Å². The lowest BCUT2D eigenvalue weighted by atomic mass is 10.1. The van der Waals surface area contributed by atoms with Crippen molar-refractivity contribution < 1.29 is 23.8 Å². The van der Waals surface area contributed by atoms with E-state index >= 15 is 0 Å². The van der Waals surface area contributed by atoms with E-state index in [0.717, 1.165) is 0 Å².